The third kappa shape index (κ3) is 4.38. The fourth-order valence-electron chi connectivity index (χ4n) is 1.88. The van der Waals surface area contributed by atoms with Crippen LogP contribution in [0.1, 0.15) is 11.6 Å². The topological polar surface area (TPSA) is 49.0 Å². The molecule has 1 aromatic rings. The van der Waals surface area contributed by atoms with Crippen molar-refractivity contribution in [2.45, 2.75) is 6.04 Å². The van der Waals surface area contributed by atoms with Crippen molar-refractivity contribution >= 4 is 0 Å². The molecule has 0 saturated carbocycles. The van der Waals surface area contributed by atoms with E-state index in [1.165, 1.54) is 0 Å². The highest BCUT2D eigenvalue weighted by Crippen LogP contribution is 2.33. The third-order valence-electron chi connectivity index (χ3n) is 2.88. The number of rotatable bonds is 9. The van der Waals surface area contributed by atoms with Crippen LogP contribution < -0.4 is 14.8 Å². The molecule has 0 spiro atoms. The van der Waals surface area contributed by atoms with Gasteiger partial charge in [-0.1, -0.05) is 6.07 Å². The van der Waals surface area contributed by atoms with Gasteiger partial charge in [0.15, 0.2) is 0 Å². The zero-order valence-corrected chi connectivity index (χ0v) is 12.1. The summed E-state index contributed by atoms with van der Waals surface area (Å²) in [5, 5.41) is 3.22. The molecule has 0 aromatic heterocycles. The second kappa shape index (κ2) is 8.74. The van der Waals surface area contributed by atoms with Crippen molar-refractivity contribution < 1.29 is 18.9 Å². The Morgan fingerprint density at radius 2 is 1.68 bits per heavy atom. The monoisotopic (exact) mass is 269 g/mol. The lowest BCUT2D eigenvalue weighted by atomic mass is 10.1. The highest BCUT2D eigenvalue weighted by atomic mass is 16.5. The van der Waals surface area contributed by atoms with Crippen LogP contribution in [0.4, 0.5) is 0 Å². The van der Waals surface area contributed by atoms with E-state index in [-0.39, 0.29) is 6.04 Å². The molecule has 0 aliphatic heterocycles. The number of ether oxygens (including phenoxy) is 4. The van der Waals surface area contributed by atoms with Gasteiger partial charge >= 0.3 is 0 Å². The molecule has 0 bridgehead atoms. The molecule has 5 nitrogen and oxygen atoms in total. The van der Waals surface area contributed by atoms with Crippen molar-refractivity contribution in [1.82, 2.24) is 5.32 Å². The molecule has 1 unspecified atom stereocenters. The zero-order chi connectivity index (χ0) is 14.1. The van der Waals surface area contributed by atoms with E-state index < -0.39 is 0 Å². The smallest absolute Gasteiger partial charge is 0.127 e. The molecule has 0 aliphatic carbocycles. The van der Waals surface area contributed by atoms with E-state index in [1.54, 1.807) is 21.3 Å². The summed E-state index contributed by atoms with van der Waals surface area (Å²) in [5.41, 5.74) is 0.965. The lowest BCUT2D eigenvalue weighted by molar-refractivity contribution is 0.0589. The van der Waals surface area contributed by atoms with Crippen LogP contribution in [0.2, 0.25) is 0 Å². The molecular formula is C14H23NO4. The zero-order valence-electron chi connectivity index (χ0n) is 12.1. The maximum atomic E-state index is 5.58. The third-order valence-corrected chi connectivity index (χ3v) is 2.88. The van der Waals surface area contributed by atoms with E-state index in [0.29, 0.717) is 19.8 Å². The first-order chi connectivity index (χ1) is 9.28. The maximum absolute atomic E-state index is 5.58. The first kappa shape index (κ1) is 15.8. The Balaban J connectivity index is 2.83. The Morgan fingerprint density at radius 3 is 2.16 bits per heavy atom. The normalized spacial score (nSPS) is 12.2. The van der Waals surface area contributed by atoms with Crippen LogP contribution in [0.5, 0.6) is 11.5 Å². The molecule has 19 heavy (non-hydrogen) atoms. The SMILES string of the molecule is CNC(COCCOC)c1c(OC)cccc1OC. The predicted octanol–water partition coefficient (Wildman–Crippen LogP) is 1.63. The van der Waals surface area contributed by atoms with Crippen molar-refractivity contribution in [3.8, 4) is 11.5 Å². The summed E-state index contributed by atoms with van der Waals surface area (Å²) in [7, 11) is 6.84. The fourth-order valence-corrected chi connectivity index (χ4v) is 1.88. The molecule has 1 atom stereocenters. The molecular weight excluding hydrogens is 246 g/mol. The average molecular weight is 269 g/mol. The first-order valence-corrected chi connectivity index (χ1v) is 6.23. The number of likely N-dealkylation sites (N-methyl/N-ethyl adjacent to an activating group) is 1. The van der Waals surface area contributed by atoms with Crippen LogP contribution in [0.15, 0.2) is 18.2 Å². The molecule has 108 valence electrons. The Morgan fingerprint density at radius 1 is 1.05 bits per heavy atom. The average Bonchev–Trinajstić information content (AvgIpc) is 2.47. The lowest BCUT2D eigenvalue weighted by Gasteiger charge is -2.21. The van der Waals surface area contributed by atoms with Crippen molar-refractivity contribution in [2.24, 2.45) is 0 Å². The molecule has 0 radical (unpaired) electrons. The minimum atomic E-state index is 0.00274. The lowest BCUT2D eigenvalue weighted by Crippen LogP contribution is -2.24. The van der Waals surface area contributed by atoms with E-state index in [0.717, 1.165) is 17.1 Å². The van der Waals surface area contributed by atoms with E-state index in [1.807, 2.05) is 25.2 Å². The van der Waals surface area contributed by atoms with E-state index in [2.05, 4.69) is 5.32 Å². The Kier molecular flexibility index (Phi) is 7.25. The minimum Gasteiger partial charge on any atom is -0.496 e. The van der Waals surface area contributed by atoms with Crippen LogP contribution in [0.25, 0.3) is 0 Å². The Bertz CT molecular complexity index is 348. The summed E-state index contributed by atoms with van der Waals surface area (Å²) in [6.45, 7) is 1.67. The van der Waals surface area contributed by atoms with Crippen LogP contribution >= 0.6 is 0 Å². The molecule has 1 rings (SSSR count). The Hall–Kier alpha value is -1.30. The summed E-state index contributed by atoms with van der Waals surface area (Å²) in [6.07, 6.45) is 0. The van der Waals surface area contributed by atoms with E-state index in [4.69, 9.17) is 18.9 Å². The number of hydrogen-bond donors (Lipinski definition) is 1. The van der Waals surface area contributed by atoms with Gasteiger partial charge in [0.05, 0.1) is 45.6 Å². The van der Waals surface area contributed by atoms with Crippen LogP contribution in [0, 0.1) is 0 Å². The second-order valence-electron chi connectivity index (χ2n) is 3.99. The largest absolute Gasteiger partial charge is 0.496 e. The number of methoxy groups -OCH3 is 3. The van der Waals surface area contributed by atoms with Gasteiger partial charge in [-0.05, 0) is 19.2 Å². The van der Waals surface area contributed by atoms with Gasteiger partial charge in [0.2, 0.25) is 0 Å². The maximum Gasteiger partial charge on any atom is 0.127 e. The highest BCUT2D eigenvalue weighted by molar-refractivity contribution is 5.47. The highest BCUT2D eigenvalue weighted by Gasteiger charge is 2.19. The summed E-state index contributed by atoms with van der Waals surface area (Å²) < 4.78 is 21.3. The van der Waals surface area contributed by atoms with Gasteiger partial charge < -0.3 is 24.3 Å². The standard InChI is InChI=1S/C14H23NO4/c1-15-11(10-19-9-8-16-2)14-12(17-3)6-5-7-13(14)18-4/h5-7,11,15H,8-10H2,1-4H3. The fraction of sp³-hybridized carbons (Fsp3) is 0.571. The van der Waals surface area contributed by atoms with E-state index >= 15 is 0 Å². The predicted molar refractivity (Wildman–Crippen MR) is 74.0 cm³/mol. The summed E-state index contributed by atoms with van der Waals surface area (Å²) in [4.78, 5) is 0. The van der Waals surface area contributed by atoms with Crippen LogP contribution in [-0.2, 0) is 9.47 Å². The van der Waals surface area contributed by atoms with Crippen molar-refractivity contribution in [3.63, 3.8) is 0 Å². The van der Waals surface area contributed by atoms with Gasteiger partial charge in [0.25, 0.3) is 0 Å². The molecule has 1 N–H and O–H groups in total. The summed E-state index contributed by atoms with van der Waals surface area (Å²) >= 11 is 0. The van der Waals surface area contributed by atoms with Gasteiger partial charge in [0, 0.05) is 7.11 Å². The van der Waals surface area contributed by atoms with Crippen molar-refractivity contribution in [1.29, 1.82) is 0 Å². The van der Waals surface area contributed by atoms with Crippen LogP contribution in [-0.4, -0.2) is 48.2 Å². The van der Waals surface area contributed by atoms with Gasteiger partial charge in [0.1, 0.15) is 11.5 Å². The number of hydrogen-bond acceptors (Lipinski definition) is 5. The second-order valence-corrected chi connectivity index (χ2v) is 3.99. The van der Waals surface area contributed by atoms with Crippen molar-refractivity contribution in [3.05, 3.63) is 23.8 Å². The number of benzene rings is 1. The molecule has 0 amide bonds. The summed E-state index contributed by atoms with van der Waals surface area (Å²) in [5.74, 6) is 1.57. The first-order valence-electron chi connectivity index (χ1n) is 6.23. The number of nitrogens with one attached hydrogen (secondary N) is 1. The summed E-state index contributed by atoms with van der Waals surface area (Å²) in [6, 6.07) is 5.73. The molecule has 0 aliphatic rings. The molecule has 5 heteroatoms. The molecule has 1 aromatic carbocycles. The molecule has 0 heterocycles. The molecule has 0 saturated heterocycles. The quantitative estimate of drug-likeness (QED) is 0.690. The van der Waals surface area contributed by atoms with Crippen molar-refractivity contribution in [2.75, 3.05) is 48.2 Å². The van der Waals surface area contributed by atoms with E-state index in [9.17, 15) is 0 Å². The van der Waals surface area contributed by atoms with Gasteiger partial charge in [-0.15, -0.1) is 0 Å². The molecule has 0 fully saturated rings. The van der Waals surface area contributed by atoms with Gasteiger partial charge in [-0.2, -0.15) is 0 Å². The Labute approximate surface area is 114 Å². The van der Waals surface area contributed by atoms with Crippen LogP contribution in [0.3, 0.4) is 0 Å². The van der Waals surface area contributed by atoms with Gasteiger partial charge in [-0.3, -0.25) is 0 Å². The van der Waals surface area contributed by atoms with Gasteiger partial charge in [-0.25, -0.2) is 0 Å². The minimum absolute atomic E-state index is 0.00274.